The average Bonchev–Trinajstić information content (AvgIpc) is 2.30. The molecule has 0 N–H and O–H groups in total. The van der Waals surface area contributed by atoms with Crippen LogP contribution in [-0.4, -0.2) is 24.8 Å². The van der Waals surface area contributed by atoms with Crippen LogP contribution in [0.5, 0.6) is 0 Å². The Labute approximate surface area is 101 Å². The quantitative estimate of drug-likeness (QED) is 0.242. The molecule has 0 saturated carbocycles. The number of nitrogens with zero attached hydrogens (tertiary/aromatic N) is 1. The summed E-state index contributed by atoms with van der Waals surface area (Å²) in [6.07, 6.45) is 7.31. The van der Waals surface area contributed by atoms with E-state index in [1.54, 1.807) is 0 Å². The van der Waals surface area contributed by atoms with Gasteiger partial charge < -0.3 is 9.57 Å². The van der Waals surface area contributed by atoms with Gasteiger partial charge in [0, 0.05) is 6.42 Å². The van der Waals surface area contributed by atoms with Crippen molar-refractivity contribution in [1.82, 2.24) is 0 Å². The topological polar surface area (TPSA) is 78.7 Å². The molecule has 0 rings (SSSR count). The van der Waals surface area contributed by atoms with E-state index in [9.17, 15) is 14.9 Å². The van der Waals surface area contributed by atoms with Gasteiger partial charge in [-0.25, -0.2) is 0 Å². The van der Waals surface area contributed by atoms with Gasteiger partial charge in [0.15, 0.2) is 0 Å². The third kappa shape index (κ3) is 12.6. The van der Waals surface area contributed by atoms with Crippen LogP contribution < -0.4 is 0 Å². The van der Waals surface area contributed by atoms with Crippen LogP contribution in [0.15, 0.2) is 0 Å². The molecule has 0 aromatic heterocycles. The largest absolute Gasteiger partial charge is 0.469 e. The molecule has 0 aromatic rings. The van der Waals surface area contributed by atoms with Crippen LogP contribution >= 0.6 is 0 Å². The van der Waals surface area contributed by atoms with Crippen LogP contribution in [-0.2, 0) is 14.4 Å². The molecule has 0 aliphatic rings. The van der Waals surface area contributed by atoms with Crippen LogP contribution in [0, 0.1) is 10.1 Å². The Morgan fingerprint density at radius 3 is 2.12 bits per heavy atom. The molecule has 0 aliphatic heterocycles. The second-order valence-electron chi connectivity index (χ2n) is 3.86. The van der Waals surface area contributed by atoms with Gasteiger partial charge in [0.1, 0.15) is 0 Å². The van der Waals surface area contributed by atoms with Crippen LogP contribution in [0.25, 0.3) is 0 Å². The van der Waals surface area contributed by atoms with E-state index in [1.807, 2.05) is 0 Å². The van der Waals surface area contributed by atoms with Crippen molar-refractivity contribution >= 4 is 5.97 Å². The molecular formula is C11H21NO5. The minimum Gasteiger partial charge on any atom is -0.469 e. The fourth-order valence-electron chi connectivity index (χ4n) is 1.50. The van der Waals surface area contributed by atoms with Crippen LogP contribution in [0.2, 0.25) is 0 Å². The van der Waals surface area contributed by atoms with Gasteiger partial charge in [0.25, 0.3) is 5.09 Å². The van der Waals surface area contributed by atoms with Gasteiger partial charge in [-0.05, 0) is 12.8 Å². The molecule has 0 amide bonds. The molecule has 0 heterocycles. The minimum absolute atomic E-state index is 0.151. The van der Waals surface area contributed by atoms with Crippen LogP contribution in [0.4, 0.5) is 0 Å². The van der Waals surface area contributed by atoms with Crippen molar-refractivity contribution in [2.24, 2.45) is 0 Å². The molecule has 0 radical (unpaired) electrons. The minimum atomic E-state index is -0.757. The third-order valence-corrected chi connectivity index (χ3v) is 2.45. The molecule has 6 heteroatoms. The summed E-state index contributed by atoms with van der Waals surface area (Å²) in [5.74, 6) is -0.151. The van der Waals surface area contributed by atoms with E-state index in [4.69, 9.17) is 0 Å². The number of hydrogen-bond acceptors (Lipinski definition) is 5. The van der Waals surface area contributed by atoms with Crippen molar-refractivity contribution in [3.8, 4) is 0 Å². The molecule has 0 fully saturated rings. The molecule has 0 spiro atoms. The fraction of sp³-hybridized carbons (Fsp3) is 0.909. The lowest BCUT2D eigenvalue weighted by Crippen LogP contribution is -2.01. The summed E-state index contributed by atoms with van der Waals surface area (Å²) in [5, 5.41) is 9.07. The molecule has 100 valence electrons. The Bertz CT molecular complexity index is 220. The zero-order valence-corrected chi connectivity index (χ0v) is 10.4. The van der Waals surface area contributed by atoms with Crippen molar-refractivity contribution in [2.45, 2.75) is 51.4 Å². The lowest BCUT2D eigenvalue weighted by molar-refractivity contribution is -0.757. The normalized spacial score (nSPS) is 9.94. The zero-order valence-electron chi connectivity index (χ0n) is 10.4. The Kier molecular flexibility index (Phi) is 10.3. The van der Waals surface area contributed by atoms with E-state index in [0.29, 0.717) is 6.42 Å². The van der Waals surface area contributed by atoms with E-state index >= 15 is 0 Å². The second-order valence-corrected chi connectivity index (χ2v) is 3.86. The van der Waals surface area contributed by atoms with E-state index in [2.05, 4.69) is 9.57 Å². The Morgan fingerprint density at radius 2 is 1.59 bits per heavy atom. The summed E-state index contributed by atoms with van der Waals surface area (Å²) in [7, 11) is 1.40. The fourth-order valence-corrected chi connectivity index (χ4v) is 1.50. The van der Waals surface area contributed by atoms with Gasteiger partial charge in [-0.15, -0.1) is 10.1 Å². The number of carbonyl (C=O) groups is 1. The number of ether oxygens (including phenoxy) is 1. The Balaban J connectivity index is 3.03. The molecule has 6 nitrogen and oxygen atoms in total. The number of esters is 1. The predicted molar refractivity (Wildman–Crippen MR) is 61.9 cm³/mol. The summed E-state index contributed by atoms with van der Waals surface area (Å²) in [6, 6.07) is 0. The van der Waals surface area contributed by atoms with Crippen molar-refractivity contribution in [2.75, 3.05) is 13.7 Å². The maximum atomic E-state index is 10.8. The van der Waals surface area contributed by atoms with E-state index in [0.717, 1.165) is 44.9 Å². The average molecular weight is 247 g/mol. The summed E-state index contributed by atoms with van der Waals surface area (Å²) >= 11 is 0. The second kappa shape index (κ2) is 11.2. The molecular weight excluding hydrogens is 226 g/mol. The molecule has 0 atom stereocenters. The number of methoxy groups -OCH3 is 1. The molecule has 0 aliphatic carbocycles. The summed E-state index contributed by atoms with van der Waals surface area (Å²) in [6.45, 7) is 0.190. The van der Waals surface area contributed by atoms with Crippen molar-refractivity contribution in [3.05, 3.63) is 10.1 Å². The van der Waals surface area contributed by atoms with Gasteiger partial charge in [0.05, 0.1) is 13.7 Å². The third-order valence-electron chi connectivity index (χ3n) is 2.45. The highest BCUT2D eigenvalue weighted by Gasteiger charge is 1.99. The first-order valence-corrected chi connectivity index (χ1v) is 6.01. The van der Waals surface area contributed by atoms with E-state index < -0.39 is 5.09 Å². The van der Waals surface area contributed by atoms with Crippen molar-refractivity contribution in [3.63, 3.8) is 0 Å². The van der Waals surface area contributed by atoms with E-state index in [-0.39, 0.29) is 12.6 Å². The summed E-state index contributed by atoms with van der Waals surface area (Å²) in [5.41, 5.74) is 0. The van der Waals surface area contributed by atoms with Gasteiger partial charge >= 0.3 is 5.97 Å². The molecule has 17 heavy (non-hydrogen) atoms. The molecule has 0 saturated heterocycles. The summed E-state index contributed by atoms with van der Waals surface area (Å²) < 4.78 is 4.53. The highest BCUT2D eigenvalue weighted by Crippen LogP contribution is 2.08. The maximum absolute atomic E-state index is 10.8. The SMILES string of the molecule is COC(=O)CCCCCCCCCO[N+](=O)[O-]. The maximum Gasteiger partial charge on any atom is 0.305 e. The van der Waals surface area contributed by atoms with Crippen molar-refractivity contribution < 1.29 is 19.5 Å². The summed E-state index contributed by atoms with van der Waals surface area (Å²) in [4.78, 5) is 24.8. The molecule has 0 bridgehead atoms. The van der Waals surface area contributed by atoms with Gasteiger partial charge in [-0.2, -0.15) is 0 Å². The number of unbranched alkanes of at least 4 members (excludes halogenated alkanes) is 6. The zero-order chi connectivity index (χ0) is 12.9. The Hall–Kier alpha value is -1.33. The van der Waals surface area contributed by atoms with Crippen molar-refractivity contribution in [1.29, 1.82) is 0 Å². The standard InChI is InChI=1S/C11H21NO5/c1-16-11(13)9-7-5-3-2-4-6-8-10-17-12(14)15/h2-10H2,1H3. The van der Waals surface area contributed by atoms with E-state index in [1.165, 1.54) is 7.11 Å². The first kappa shape index (κ1) is 15.7. The van der Waals surface area contributed by atoms with Gasteiger partial charge in [-0.1, -0.05) is 32.1 Å². The highest BCUT2D eigenvalue weighted by atomic mass is 16.9. The smallest absolute Gasteiger partial charge is 0.305 e. The first-order chi connectivity index (χ1) is 8.16. The predicted octanol–water partition coefficient (Wildman–Crippen LogP) is 2.49. The number of carbonyl (C=O) groups excluding carboxylic acids is 1. The lowest BCUT2D eigenvalue weighted by atomic mass is 10.1. The lowest BCUT2D eigenvalue weighted by Gasteiger charge is -2.01. The molecule has 0 aromatic carbocycles. The number of rotatable bonds is 11. The Morgan fingerprint density at radius 1 is 1.06 bits per heavy atom. The highest BCUT2D eigenvalue weighted by molar-refractivity contribution is 5.68. The molecule has 0 unspecified atom stereocenters. The van der Waals surface area contributed by atoms with Crippen LogP contribution in [0.3, 0.4) is 0 Å². The first-order valence-electron chi connectivity index (χ1n) is 6.01. The van der Waals surface area contributed by atoms with Gasteiger partial charge in [0.2, 0.25) is 0 Å². The van der Waals surface area contributed by atoms with Crippen LogP contribution in [0.1, 0.15) is 51.4 Å². The number of hydrogen-bond donors (Lipinski definition) is 0. The van der Waals surface area contributed by atoms with Gasteiger partial charge in [-0.3, -0.25) is 4.79 Å². The monoisotopic (exact) mass is 247 g/mol.